The molecule has 5 heavy (non-hydrogen) atoms. The van der Waals surface area contributed by atoms with Gasteiger partial charge in [-0.15, -0.1) is 0 Å². The first-order valence-electron chi connectivity index (χ1n) is 0. The van der Waals surface area contributed by atoms with Crippen LogP contribution < -0.4 is 0 Å². The molecule has 0 amide bonds. The van der Waals surface area contributed by atoms with Crippen molar-refractivity contribution in [2.75, 3.05) is 0 Å². The van der Waals surface area contributed by atoms with Crippen molar-refractivity contribution in [3.05, 3.63) is 0 Å². The van der Waals surface area contributed by atoms with Crippen molar-refractivity contribution < 1.29 is 39.0 Å². The summed E-state index contributed by atoms with van der Waals surface area (Å²) >= 11 is 0. The molecule has 0 bridgehead atoms. The van der Waals surface area contributed by atoms with E-state index >= 15 is 0 Å². The van der Waals surface area contributed by atoms with E-state index in [-0.39, 0.29) is 133 Å². The summed E-state index contributed by atoms with van der Waals surface area (Å²) in [6.07, 6.45) is 0. The molecule has 5 heteroatoms. The van der Waals surface area contributed by atoms with Crippen molar-refractivity contribution in [1.29, 1.82) is 0 Å². The van der Waals surface area contributed by atoms with Crippen molar-refractivity contribution >= 4 is 94.4 Å². The molecule has 0 aliphatic carbocycles. The molecule has 0 saturated carbocycles. The molecule has 2 N–H and O–H groups in total. The van der Waals surface area contributed by atoms with E-state index in [2.05, 4.69) is 0 Å². The monoisotopic (exact) mass is 358 g/mol. The molecule has 0 unspecified atom stereocenters. The van der Waals surface area contributed by atoms with Gasteiger partial charge >= 0.3 is 0 Å². The molecule has 0 saturated heterocycles. The van der Waals surface area contributed by atoms with Gasteiger partial charge in [0.1, 0.15) is 0 Å². The Morgan fingerprint density at radius 3 is 1.00 bits per heavy atom. The van der Waals surface area contributed by atoms with Gasteiger partial charge in [-0.3, -0.25) is 0 Å². The Hall–Kier alpha value is 4.02. The summed E-state index contributed by atoms with van der Waals surface area (Å²) in [7, 11) is 0. The van der Waals surface area contributed by atoms with E-state index in [0.717, 1.165) is 0 Å². The fraction of sp³-hybridized carbons (Fsp3) is 0. The van der Waals surface area contributed by atoms with Gasteiger partial charge in [0.25, 0.3) is 0 Å². The van der Waals surface area contributed by atoms with Crippen LogP contribution in [0.1, 0.15) is 0 Å². The van der Waals surface area contributed by atoms with E-state index in [9.17, 15) is 0 Å². The smallest absolute Gasteiger partial charge is 0 e. The first-order chi connectivity index (χ1) is 0. The minimum Gasteiger partial charge on any atom is -0.412 e. The summed E-state index contributed by atoms with van der Waals surface area (Å²) in [5.74, 6) is 0. The predicted octanol–water partition coefficient (Wildman–Crippen LogP) is -1.59. The summed E-state index contributed by atoms with van der Waals surface area (Å²) in [4.78, 5) is 0. The van der Waals surface area contributed by atoms with Gasteiger partial charge in [0.2, 0.25) is 0 Å². The average Bonchev–Trinajstić information content (AvgIpc) is 0. The Morgan fingerprint density at radius 1 is 1.00 bits per heavy atom. The van der Waals surface area contributed by atoms with Gasteiger partial charge in [0.05, 0.1) is 0 Å². The average molecular weight is 358 g/mol. The van der Waals surface area contributed by atoms with Gasteiger partial charge in [-0.05, 0) is 0 Å². The van der Waals surface area contributed by atoms with Gasteiger partial charge in [-0.1, -0.05) is 0 Å². The Morgan fingerprint density at radius 2 is 1.00 bits per heavy atom. The number of rotatable bonds is 0. The van der Waals surface area contributed by atoms with Crippen molar-refractivity contribution in [3.8, 4) is 0 Å². The first kappa shape index (κ1) is 35.9. The molecule has 0 aromatic carbocycles. The molecule has 0 atom stereocenters. The maximum atomic E-state index is 0. The van der Waals surface area contributed by atoms with Crippen LogP contribution in [0.5, 0.6) is 0 Å². The SMILES string of the molecule is O.[Ba].[Fe].[Ni].[Sr]. The van der Waals surface area contributed by atoms with Crippen LogP contribution in [0.3, 0.4) is 0 Å². The third kappa shape index (κ3) is 18.0. The van der Waals surface area contributed by atoms with Crippen LogP contribution >= 0.6 is 0 Å². The number of hydrogen-bond acceptors (Lipinski definition) is 0. The molecule has 0 rings (SSSR count). The fourth-order valence-corrected chi connectivity index (χ4v) is 0. The fourth-order valence-electron chi connectivity index (χ4n) is 0. The van der Waals surface area contributed by atoms with E-state index in [1.165, 1.54) is 0 Å². The molecule has 0 spiro atoms. The summed E-state index contributed by atoms with van der Waals surface area (Å²) in [6, 6.07) is 0. The molecule has 4 radical (unpaired) electrons. The van der Waals surface area contributed by atoms with Crippen LogP contribution in [-0.2, 0) is 33.6 Å². The molecular formula is H2BaFeNiOSr. The molecule has 0 aromatic rings. The minimum atomic E-state index is 0. The quantitative estimate of drug-likeness (QED) is 0.468. The minimum absolute atomic E-state index is 0. The van der Waals surface area contributed by atoms with Gasteiger partial charge in [-0.2, -0.15) is 0 Å². The van der Waals surface area contributed by atoms with Gasteiger partial charge in [0, 0.05) is 128 Å². The topological polar surface area (TPSA) is 31.5 Å². The molecular weight excluding hydrogens is 355 g/mol. The molecule has 0 heterocycles. The van der Waals surface area contributed by atoms with Gasteiger partial charge < -0.3 is 5.48 Å². The molecule has 0 aliphatic heterocycles. The standard InChI is InChI=1S/Ba.Fe.Ni.H2O.Sr/h;;;1H2;. The maximum Gasteiger partial charge on any atom is 0 e. The number of hydrogen-bond donors (Lipinski definition) is 0. The Kier molecular flexibility index (Phi) is 175. The molecule has 30 valence electrons. The van der Waals surface area contributed by atoms with Crippen LogP contribution in [0.15, 0.2) is 0 Å². The van der Waals surface area contributed by atoms with E-state index < -0.39 is 0 Å². The summed E-state index contributed by atoms with van der Waals surface area (Å²) < 4.78 is 0. The third-order valence-corrected chi connectivity index (χ3v) is 0. The van der Waals surface area contributed by atoms with Crippen LogP contribution in [0.4, 0.5) is 0 Å². The van der Waals surface area contributed by atoms with Crippen LogP contribution in [0, 0.1) is 0 Å². The summed E-state index contributed by atoms with van der Waals surface area (Å²) in [6.45, 7) is 0. The van der Waals surface area contributed by atoms with Crippen molar-refractivity contribution in [2.45, 2.75) is 0 Å². The zero-order valence-electron chi connectivity index (χ0n) is 2.58. The van der Waals surface area contributed by atoms with Crippen LogP contribution in [0.25, 0.3) is 0 Å². The van der Waals surface area contributed by atoms with E-state index in [0.29, 0.717) is 0 Å². The van der Waals surface area contributed by atoms with Crippen LogP contribution in [-0.4, -0.2) is 99.8 Å². The van der Waals surface area contributed by atoms with Gasteiger partial charge in [0.15, 0.2) is 0 Å². The third-order valence-electron chi connectivity index (χ3n) is 0. The normalized spacial score (nSPS) is 0. The summed E-state index contributed by atoms with van der Waals surface area (Å²) in [5, 5.41) is 0. The largest absolute Gasteiger partial charge is 0.412 e. The molecule has 0 fully saturated rings. The van der Waals surface area contributed by atoms with E-state index in [4.69, 9.17) is 0 Å². The van der Waals surface area contributed by atoms with Gasteiger partial charge in [-0.25, -0.2) is 0 Å². The zero-order chi connectivity index (χ0) is 0. The Labute approximate surface area is 129 Å². The van der Waals surface area contributed by atoms with E-state index in [1.807, 2.05) is 0 Å². The second-order valence-corrected chi connectivity index (χ2v) is 0. The molecule has 0 aromatic heterocycles. The van der Waals surface area contributed by atoms with Crippen molar-refractivity contribution in [3.63, 3.8) is 0 Å². The predicted molar refractivity (Wildman–Crippen MR) is 15.1 cm³/mol. The Balaban J connectivity index is 0. The molecule has 1 nitrogen and oxygen atoms in total. The first-order valence-corrected chi connectivity index (χ1v) is 0. The van der Waals surface area contributed by atoms with E-state index in [1.54, 1.807) is 0 Å². The molecule has 0 aliphatic rings. The second kappa shape index (κ2) is 24.4. The zero-order valence-corrected chi connectivity index (χ0v) is 12.6. The summed E-state index contributed by atoms with van der Waals surface area (Å²) in [5.41, 5.74) is 0. The van der Waals surface area contributed by atoms with Crippen molar-refractivity contribution in [2.24, 2.45) is 0 Å². The van der Waals surface area contributed by atoms with Crippen molar-refractivity contribution in [1.82, 2.24) is 0 Å². The van der Waals surface area contributed by atoms with Crippen LogP contribution in [0.2, 0.25) is 0 Å². The Bertz CT molecular complexity index is 11.6. The maximum absolute atomic E-state index is 0. The second-order valence-electron chi connectivity index (χ2n) is 0.